The third-order valence-electron chi connectivity index (χ3n) is 8.87. The SMILES string of the molecule is Cc1ccc(S(=O)(=O)OP(C)(c2ccccc2)(c2ccccc2)c2ccccc2C2CCc3cc(C#N)ccc3C2)cc1. The Morgan fingerprint density at radius 2 is 1.37 bits per heavy atom. The number of fused-ring (bicyclic) bond motifs is 1. The van der Waals surface area contributed by atoms with Crippen LogP contribution in [0, 0.1) is 18.3 Å². The minimum atomic E-state index is -4.21. The Bertz CT molecular complexity index is 1890. The average Bonchev–Trinajstić information content (AvgIpc) is 3.05. The monoisotopic (exact) mass is 603 g/mol. The van der Waals surface area contributed by atoms with E-state index in [0.717, 1.165) is 46.3 Å². The first-order valence-electron chi connectivity index (χ1n) is 14.5. The summed E-state index contributed by atoms with van der Waals surface area (Å²) in [4.78, 5) is 0.137. The fourth-order valence-electron chi connectivity index (χ4n) is 6.53. The van der Waals surface area contributed by atoms with Gasteiger partial charge >= 0.3 is 255 Å². The van der Waals surface area contributed by atoms with E-state index in [4.69, 9.17) is 3.97 Å². The molecule has 0 amide bonds. The Morgan fingerprint density at radius 3 is 2.00 bits per heavy atom. The second-order valence-electron chi connectivity index (χ2n) is 11.6. The van der Waals surface area contributed by atoms with Gasteiger partial charge in [-0.25, -0.2) is 0 Å². The number of hydrogen-bond acceptors (Lipinski definition) is 4. The maximum absolute atomic E-state index is 14.4. The summed E-state index contributed by atoms with van der Waals surface area (Å²) in [5.74, 6) is 0.149. The Kier molecular flexibility index (Phi) is 7.57. The van der Waals surface area contributed by atoms with Crippen molar-refractivity contribution in [1.29, 1.82) is 5.26 Å². The molecular formula is C37H34NO3PS. The van der Waals surface area contributed by atoms with Gasteiger partial charge in [0.25, 0.3) is 0 Å². The van der Waals surface area contributed by atoms with Crippen molar-refractivity contribution >= 4 is 32.9 Å². The Morgan fingerprint density at radius 1 is 0.767 bits per heavy atom. The van der Waals surface area contributed by atoms with Crippen molar-refractivity contribution in [2.45, 2.75) is 37.0 Å². The van der Waals surface area contributed by atoms with E-state index >= 15 is 0 Å². The molecule has 0 aromatic heterocycles. The fourth-order valence-corrected chi connectivity index (χ4v) is 14.3. The van der Waals surface area contributed by atoms with Crippen LogP contribution in [0.4, 0.5) is 0 Å². The first-order chi connectivity index (χ1) is 20.7. The summed E-state index contributed by atoms with van der Waals surface area (Å²) in [6.45, 7) is -0.183. The molecule has 1 atom stereocenters. The number of nitriles is 1. The second-order valence-corrected chi connectivity index (χ2v) is 18.0. The summed E-state index contributed by atoms with van der Waals surface area (Å²) in [5, 5.41) is 12.0. The number of benzene rings is 5. The van der Waals surface area contributed by atoms with E-state index in [2.05, 4.69) is 24.3 Å². The topological polar surface area (TPSA) is 67.2 Å². The molecule has 43 heavy (non-hydrogen) atoms. The van der Waals surface area contributed by atoms with Crippen molar-refractivity contribution in [2.24, 2.45) is 0 Å². The van der Waals surface area contributed by atoms with Gasteiger partial charge in [0.05, 0.1) is 0 Å². The number of nitrogens with zero attached hydrogens (tertiary/aromatic N) is 1. The van der Waals surface area contributed by atoms with Crippen LogP contribution in [-0.4, -0.2) is 15.1 Å². The number of aryl methyl sites for hydroxylation is 2. The van der Waals surface area contributed by atoms with Crippen LogP contribution in [0.5, 0.6) is 0 Å². The molecule has 5 aromatic carbocycles. The number of rotatable bonds is 7. The summed E-state index contributed by atoms with van der Waals surface area (Å²) in [6, 6.07) is 43.1. The summed E-state index contributed by atoms with van der Waals surface area (Å²) < 4.78 is 35.7. The quantitative estimate of drug-likeness (QED) is 0.190. The molecule has 0 fully saturated rings. The Balaban J connectivity index is 1.61. The zero-order valence-corrected chi connectivity index (χ0v) is 26.1. The van der Waals surface area contributed by atoms with Gasteiger partial charge in [-0.3, -0.25) is 0 Å². The van der Waals surface area contributed by atoms with Gasteiger partial charge in [-0.15, -0.1) is 0 Å². The molecule has 0 radical (unpaired) electrons. The van der Waals surface area contributed by atoms with Gasteiger partial charge in [0, 0.05) is 0 Å². The molecule has 0 bridgehead atoms. The van der Waals surface area contributed by atoms with Gasteiger partial charge < -0.3 is 0 Å². The standard InChI is InChI=1S/C37H34NO3PS/c1-28-17-23-35(24-18-28)43(39,40)41-42(2,33-11-5-3-6-12-33,34-13-7-4-8-14-34)37-16-10-9-15-36(37)32-22-21-30-25-29(27-38)19-20-31(30)26-32/h3-20,23-25,32H,21-22,26H2,1-2H3. The zero-order chi connectivity index (χ0) is 30.1. The van der Waals surface area contributed by atoms with Crippen molar-refractivity contribution < 1.29 is 12.4 Å². The molecule has 0 spiro atoms. The van der Waals surface area contributed by atoms with Gasteiger partial charge in [-0.2, -0.15) is 0 Å². The first-order valence-corrected chi connectivity index (χ1v) is 18.5. The van der Waals surface area contributed by atoms with Crippen LogP contribution in [0.3, 0.4) is 0 Å². The predicted octanol–water partition coefficient (Wildman–Crippen LogP) is 6.92. The van der Waals surface area contributed by atoms with E-state index in [1.165, 1.54) is 11.1 Å². The van der Waals surface area contributed by atoms with E-state index in [1.54, 1.807) is 24.3 Å². The van der Waals surface area contributed by atoms with Gasteiger partial charge in [0.15, 0.2) is 0 Å². The van der Waals surface area contributed by atoms with E-state index in [9.17, 15) is 13.7 Å². The zero-order valence-electron chi connectivity index (χ0n) is 24.4. The van der Waals surface area contributed by atoms with E-state index in [0.29, 0.717) is 5.56 Å². The summed E-state index contributed by atoms with van der Waals surface area (Å²) in [7, 11) is -4.21. The van der Waals surface area contributed by atoms with Crippen molar-refractivity contribution in [1.82, 2.24) is 0 Å². The second kappa shape index (κ2) is 11.2. The summed E-state index contributed by atoms with van der Waals surface area (Å²) >= 11 is 0. The van der Waals surface area contributed by atoms with Crippen molar-refractivity contribution in [3.8, 4) is 6.07 Å². The summed E-state index contributed by atoms with van der Waals surface area (Å²) in [6.07, 6.45) is 2.54. The van der Waals surface area contributed by atoms with Crippen molar-refractivity contribution in [3.05, 3.63) is 155 Å². The Hall–Kier alpha value is -4.07. The molecule has 0 N–H and O–H groups in total. The van der Waals surface area contributed by atoms with E-state index in [1.807, 2.05) is 98.5 Å². The molecule has 1 aliphatic carbocycles. The normalized spacial score (nSPS) is 15.9. The van der Waals surface area contributed by atoms with Crippen LogP contribution in [0.15, 0.2) is 132 Å². The van der Waals surface area contributed by atoms with Crippen LogP contribution >= 0.6 is 6.83 Å². The van der Waals surface area contributed by atoms with Crippen LogP contribution in [0.25, 0.3) is 0 Å². The molecule has 1 aliphatic rings. The van der Waals surface area contributed by atoms with Gasteiger partial charge in [0.1, 0.15) is 0 Å². The molecule has 0 aliphatic heterocycles. The average molecular weight is 604 g/mol. The number of hydrogen-bond donors (Lipinski definition) is 0. The molecule has 0 saturated heterocycles. The van der Waals surface area contributed by atoms with Crippen LogP contribution in [0.2, 0.25) is 0 Å². The van der Waals surface area contributed by atoms with E-state index in [-0.39, 0.29) is 10.8 Å². The molecule has 0 heterocycles. The molecule has 0 saturated carbocycles. The van der Waals surface area contributed by atoms with Crippen LogP contribution in [0.1, 0.15) is 40.2 Å². The molecule has 5 aromatic rings. The first kappa shape index (κ1) is 29.0. The molecular weight excluding hydrogens is 569 g/mol. The molecule has 6 rings (SSSR count). The third kappa shape index (κ3) is 5.11. The van der Waals surface area contributed by atoms with Crippen LogP contribution < -0.4 is 15.9 Å². The predicted molar refractivity (Wildman–Crippen MR) is 176 cm³/mol. The Labute approximate surface area is 254 Å². The maximum atomic E-state index is 14.4. The molecule has 6 heteroatoms. The fraction of sp³-hybridized carbons (Fsp3) is 0.162. The van der Waals surface area contributed by atoms with Crippen molar-refractivity contribution in [3.63, 3.8) is 0 Å². The van der Waals surface area contributed by atoms with Crippen LogP contribution in [-0.2, 0) is 26.9 Å². The van der Waals surface area contributed by atoms with Gasteiger partial charge in [0.2, 0.25) is 0 Å². The molecule has 1 unspecified atom stereocenters. The summed E-state index contributed by atoms with van der Waals surface area (Å²) in [5.41, 5.74) is 5.20. The molecule has 4 nitrogen and oxygen atoms in total. The third-order valence-corrected chi connectivity index (χ3v) is 16.6. The molecule has 216 valence electrons. The minimum absolute atomic E-state index is 0.137. The van der Waals surface area contributed by atoms with Gasteiger partial charge in [-0.1, -0.05) is 0 Å². The van der Waals surface area contributed by atoms with E-state index < -0.39 is 16.9 Å². The van der Waals surface area contributed by atoms with Crippen molar-refractivity contribution in [2.75, 3.05) is 6.66 Å². The van der Waals surface area contributed by atoms with Gasteiger partial charge in [-0.05, 0) is 0 Å².